The van der Waals surface area contributed by atoms with E-state index in [0.717, 1.165) is 17.1 Å². The van der Waals surface area contributed by atoms with Crippen molar-refractivity contribution < 1.29 is 13.9 Å². The summed E-state index contributed by atoms with van der Waals surface area (Å²) < 4.78 is 14.7. The van der Waals surface area contributed by atoms with Gasteiger partial charge in [0.25, 0.3) is 0 Å². The van der Waals surface area contributed by atoms with Gasteiger partial charge in [-0.3, -0.25) is 0 Å². The summed E-state index contributed by atoms with van der Waals surface area (Å²) in [6, 6.07) is 0. The van der Waals surface area contributed by atoms with Gasteiger partial charge in [-0.15, -0.1) is 0 Å². The SMILES string of the molecule is [SiH3]OCOCC1CO1. The second kappa shape index (κ2) is 3.19. The quantitative estimate of drug-likeness (QED) is 0.206. The van der Waals surface area contributed by atoms with Gasteiger partial charge in [-0.1, -0.05) is 0 Å². The average molecular weight is 134 g/mol. The maximum atomic E-state index is 4.99. The first-order valence-corrected chi connectivity index (χ1v) is 3.43. The Balaban J connectivity index is 1.74. The molecule has 1 atom stereocenters. The summed E-state index contributed by atoms with van der Waals surface area (Å²) in [4.78, 5) is 0. The molecular formula is C4H10O3Si. The predicted molar refractivity (Wildman–Crippen MR) is 31.6 cm³/mol. The lowest BCUT2D eigenvalue weighted by atomic mass is 10.5. The van der Waals surface area contributed by atoms with Crippen LogP contribution in [0, 0.1) is 0 Å². The van der Waals surface area contributed by atoms with Crippen LogP contribution in [-0.2, 0) is 13.9 Å². The van der Waals surface area contributed by atoms with Gasteiger partial charge in [0.1, 0.15) is 23.4 Å². The van der Waals surface area contributed by atoms with Crippen LogP contribution in [-0.4, -0.2) is 36.6 Å². The first kappa shape index (κ1) is 6.22. The van der Waals surface area contributed by atoms with Crippen molar-refractivity contribution in [3.8, 4) is 0 Å². The van der Waals surface area contributed by atoms with Gasteiger partial charge in [-0.25, -0.2) is 0 Å². The summed E-state index contributed by atoms with van der Waals surface area (Å²) >= 11 is 0. The molecule has 1 rings (SSSR count). The lowest BCUT2D eigenvalue weighted by molar-refractivity contribution is 0.0129. The normalized spacial score (nSPS) is 26.2. The number of hydrogen-bond acceptors (Lipinski definition) is 3. The van der Waals surface area contributed by atoms with Crippen molar-refractivity contribution in [3.63, 3.8) is 0 Å². The van der Waals surface area contributed by atoms with Crippen molar-refractivity contribution in [2.45, 2.75) is 6.10 Å². The lowest BCUT2D eigenvalue weighted by Crippen LogP contribution is -2.03. The third kappa shape index (κ3) is 2.42. The zero-order valence-electron chi connectivity index (χ0n) is 4.92. The van der Waals surface area contributed by atoms with Gasteiger partial charge >= 0.3 is 0 Å². The molecule has 3 nitrogen and oxygen atoms in total. The topological polar surface area (TPSA) is 31.0 Å². The summed E-state index contributed by atoms with van der Waals surface area (Å²) in [6.07, 6.45) is 0.367. The summed E-state index contributed by atoms with van der Waals surface area (Å²) in [5.41, 5.74) is 0. The molecule has 0 aromatic carbocycles. The molecule has 0 amide bonds. The van der Waals surface area contributed by atoms with Crippen molar-refractivity contribution in [2.24, 2.45) is 0 Å². The molecule has 48 valence electrons. The van der Waals surface area contributed by atoms with Crippen molar-refractivity contribution >= 4 is 10.5 Å². The molecule has 0 saturated carbocycles. The van der Waals surface area contributed by atoms with Gasteiger partial charge < -0.3 is 13.9 Å². The molecule has 4 heteroatoms. The van der Waals surface area contributed by atoms with Crippen molar-refractivity contribution in [1.82, 2.24) is 0 Å². The molecule has 1 heterocycles. The van der Waals surface area contributed by atoms with Gasteiger partial charge in [0.15, 0.2) is 0 Å². The molecule has 0 aromatic rings. The molecule has 0 radical (unpaired) electrons. The Morgan fingerprint density at radius 1 is 1.75 bits per heavy atom. The Hall–Kier alpha value is 0.0969. The van der Waals surface area contributed by atoms with Crippen LogP contribution in [0.2, 0.25) is 0 Å². The van der Waals surface area contributed by atoms with Gasteiger partial charge in [0.05, 0.1) is 13.2 Å². The standard InChI is InChI=1S/C4H10O3Si/c8-7-3-5-1-4-2-6-4/h4H,1-3H2,8H3. The van der Waals surface area contributed by atoms with Gasteiger partial charge in [0.2, 0.25) is 0 Å². The zero-order chi connectivity index (χ0) is 5.82. The molecule has 8 heavy (non-hydrogen) atoms. The fourth-order valence-corrected chi connectivity index (χ4v) is 0.594. The maximum Gasteiger partial charge on any atom is 0.149 e. The van der Waals surface area contributed by atoms with E-state index in [9.17, 15) is 0 Å². The molecule has 1 unspecified atom stereocenters. The highest BCUT2D eigenvalue weighted by atomic mass is 28.2. The smallest absolute Gasteiger partial charge is 0.149 e. The van der Waals surface area contributed by atoms with Crippen LogP contribution < -0.4 is 0 Å². The van der Waals surface area contributed by atoms with Crippen LogP contribution >= 0.6 is 0 Å². The first-order valence-electron chi connectivity index (χ1n) is 2.62. The fraction of sp³-hybridized carbons (Fsp3) is 1.00. The Labute approximate surface area is 51.5 Å². The van der Waals surface area contributed by atoms with Gasteiger partial charge in [-0.05, 0) is 0 Å². The van der Waals surface area contributed by atoms with Crippen LogP contribution in [0.3, 0.4) is 0 Å². The van der Waals surface area contributed by atoms with E-state index in [0.29, 0.717) is 19.5 Å². The Kier molecular flexibility index (Phi) is 2.48. The minimum Gasteiger partial charge on any atom is -0.406 e. The molecule has 0 N–H and O–H groups in total. The molecule has 1 aliphatic heterocycles. The molecule has 1 aliphatic rings. The van der Waals surface area contributed by atoms with Crippen LogP contribution in [0.1, 0.15) is 0 Å². The Morgan fingerprint density at radius 3 is 3.00 bits per heavy atom. The Morgan fingerprint density at radius 2 is 2.50 bits per heavy atom. The second-order valence-electron chi connectivity index (χ2n) is 1.73. The van der Waals surface area contributed by atoms with E-state index in [1.54, 1.807) is 0 Å². The van der Waals surface area contributed by atoms with Crippen molar-refractivity contribution in [1.29, 1.82) is 0 Å². The third-order valence-corrected chi connectivity index (χ3v) is 1.14. The van der Waals surface area contributed by atoms with Gasteiger partial charge in [0, 0.05) is 0 Å². The van der Waals surface area contributed by atoms with Crippen molar-refractivity contribution in [3.05, 3.63) is 0 Å². The average Bonchev–Trinajstić information content (AvgIpc) is 2.51. The minimum absolute atomic E-state index is 0.367. The number of epoxide rings is 1. The first-order chi connectivity index (χ1) is 3.93. The highest BCUT2D eigenvalue weighted by Crippen LogP contribution is 2.07. The van der Waals surface area contributed by atoms with Crippen LogP contribution in [0.25, 0.3) is 0 Å². The number of ether oxygens (including phenoxy) is 2. The van der Waals surface area contributed by atoms with Crippen molar-refractivity contribution in [2.75, 3.05) is 20.0 Å². The number of hydrogen-bond donors (Lipinski definition) is 0. The molecule has 1 fully saturated rings. The molecule has 1 saturated heterocycles. The molecule has 0 aliphatic carbocycles. The van der Waals surface area contributed by atoms with E-state index >= 15 is 0 Å². The lowest BCUT2D eigenvalue weighted by Gasteiger charge is -1.97. The maximum absolute atomic E-state index is 4.99. The minimum atomic E-state index is 0.367. The van der Waals surface area contributed by atoms with Crippen LogP contribution in [0.15, 0.2) is 0 Å². The van der Waals surface area contributed by atoms with E-state index in [4.69, 9.17) is 13.9 Å². The number of rotatable bonds is 4. The summed E-state index contributed by atoms with van der Waals surface area (Å²) in [6.45, 7) is 2.00. The molecule has 0 bridgehead atoms. The zero-order valence-corrected chi connectivity index (χ0v) is 6.92. The summed E-state index contributed by atoms with van der Waals surface area (Å²) in [7, 11) is 0.754. The van der Waals surface area contributed by atoms with Crippen LogP contribution in [0.4, 0.5) is 0 Å². The van der Waals surface area contributed by atoms with E-state index in [-0.39, 0.29) is 0 Å². The highest BCUT2D eigenvalue weighted by molar-refractivity contribution is 5.97. The second-order valence-corrected chi connectivity index (χ2v) is 2.31. The molecular weight excluding hydrogens is 124 g/mol. The predicted octanol–water partition coefficient (Wildman–Crippen LogP) is -1.34. The largest absolute Gasteiger partial charge is 0.406 e. The Bertz CT molecular complexity index is 64.3. The van der Waals surface area contributed by atoms with E-state index in [1.807, 2.05) is 0 Å². The van der Waals surface area contributed by atoms with E-state index in [1.165, 1.54) is 0 Å². The van der Waals surface area contributed by atoms with E-state index < -0.39 is 0 Å². The van der Waals surface area contributed by atoms with E-state index in [2.05, 4.69) is 0 Å². The molecule has 0 aromatic heterocycles. The summed E-state index contributed by atoms with van der Waals surface area (Å²) in [5, 5.41) is 0. The van der Waals surface area contributed by atoms with Crippen LogP contribution in [0.5, 0.6) is 0 Å². The monoisotopic (exact) mass is 134 g/mol. The third-order valence-electron chi connectivity index (χ3n) is 0.907. The van der Waals surface area contributed by atoms with Gasteiger partial charge in [-0.2, -0.15) is 0 Å². The molecule has 0 spiro atoms. The summed E-state index contributed by atoms with van der Waals surface area (Å²) in [5.74, 6) is 0. The fourth-order valence-electron chi connectivity index (χ4n) is 0.427. The highest BCUT2D eigenvalue weighted by Gasteiger charge is 2.21.